The third-order valence-corrected chi connectivity index (χ3v) is 5.31. The smallest absolute Gasteiger partial charge is 0.318 e. The molecule has 0 aromatic heterocycles. The maximum atomic E-state index is 12.5. The fourth-order valence-electron chi connectivity index (χ4n) is 3.74. The van der Waals surface area contributed by atoms with Gasteiger partial charge in [-0.15, -0.1) is 0 Å². The molecular weight excluding hydrogens is 296 g/mol. The number of aliphatic hydroxyl groups excluding tert-OH is 1. The SMILES string of the molecule is CSCc1cccc(CNC(=O)N2[C@H]3CC[C@H]2CC(O)C3)c1. The number of piperidine rings is 1. The first kappa shape index (κ1) is 15.7. The van der Waals surface area contributed by atoms with Gasteiger partial charge in [0.1, 0.15) is 0 Å². The average Bonchev–Trinajstić information content (AvgIpc) is 2.78. The van der Waals surface area contributed by atoms with Gasteiger partial charge in [-0.05, 0) is 43.1 Å². The maximum absolute atomic E-state index is 12.5. The number of nitrogens with one attached hydrogen (secondary N) is 1. The number of aliphatic hydroxyl groups is 1. The van der Waals surface area contributed by atoms with Crippen molar-refractivity contribution < 1.29 is 9.90 Å². The van der Waals surface area contributed by atoms with Crippen LogP contribution in [0.3, 0.4) is 0 Å². The highest BCUT2D eigenvalue weighted by atomic mass is 32.2. The molecule has 120 valence electrons. The van der Waals surface area contributed by atoms with Gasteiger partial charge in [-0.1, -0.05) is 24.3 Å². The zero-order valence-corrected chi connectivity index (χ0v) is 13.8. The number of fused-ring (bicyclic) bond motifs is 2. The molecule has 1 aromatic rings. The monoisotopic (exact) mass is 320 g/mol. The lowest BCUT2D eigenvalue weighted by Crippen LogP contribution is -2.51. The first-order chi connectivity index (χ1) is 10.7. The number of carbonyl (C=O) groups excluding carboxylic acids is 1. The molecule has 22 heavy (non-hydrogen) atoms. The summed E-state index contributed by atoms with van der Waals surface area (Å²) in [5.41, 5.74) is 2.43. The molecule has 0 aliphatic carbocycles. The maximum Gasteiger partial charge on any atom is 0.318 e. The Morgan fingerprint density at radius 2 is 2.00 bits per heavy atom. The second-order valence-electron chi connectivity index (χ2n) is 6.33. The summed E-state index contributed by atoms with van der Waals surface area (Å²) in [7, 11) is 0. The largest absolute Gasteiger partial charge is 0.393 e. The predicted molar refractivity (Wildman–Crippen MR) is 89.8 cm³/mol. The van der Waals surface area contributed by atoms with Crippen LogP contribution in [-0.4, -0.2) is 40.5 Å². The molecule has 2 heterocycles. The number of amides is 2. The van der Waals surface area contributed by atoms with Crippen LogP contribution < -0.4 is 5.32 Å². The summed E-state index contributed by atoms with van der Waals surface area (Å²) in [5, 5.41) is 12.9. The van der Waals surface area contributed by atoms with Gasteiger partial charge in [0.2, 0.25) is 0 Å². The van der Waals surface area contributed by atoms with E-state index >= 15 is 0 Å². The standard InChI is InChI=1S/C17H24N2O2S/c1-22-11-13-4-2-3-12(7-13)10-18-17(21)19-14-5-6-15(19)9-16(20)8-14/h2-4,7,14-16,20H,5-6,8-11H2,1H3,(H,18,21)/t14-,15-/m0/s1. The minimum Gasteiger partial charge on any atom is -0.393 e. The normalized spacial score (nSPS) is 27.0. The van der Waals surface area contributed by atoms with Crippen molar-refractivity contribution in [2.45, 2.75) is 56.2 Å². The van der Waals surface area contributed by atoms with Crippen LogP contribution in [0.2, 0.25) is 0 Å². The predicted octanol–water partition coefficient (Wildman–Crippen LogP) is 2.75. The summed E-state index contributed by atoms with van der Waals surface area (Å²) in [4.78, 5) is 14.4. The quantitative estimate of drug-likeness (QED) is 0.897. The molecule has 5 heteroatoms. The summed E-state index contributed by atoms with van der Waals surface area (Å²) in [6.45, 7) is 0.569. The van der Waals surface area contributed by atoms with Crippen LogP contribution >= 0.6 is 11.8 Å². The minimum atomic E-state index is -0.232. The Morgan fingerprint density at radius 1 is 1.32 bits per heavy atom. The highest BCUT2D eigenvalue weighted by molar-refractivity contribution is 7.97. The van der Waals surface area contributed by atoms with Gasteiger partial charge >= 0.3 is 6.03 Å². The molecule has 2 atom stereocenters. The molecule has 0 radical (unpaired) electrons. The van der Waals surface area contributed by atoms with Crippen molar-refractivity contribution in [2.24, 2.45) is 0 Å². The third-order valence-electron chi connectivity index (χ3n) is 4.69. The van der Waals surface area contributed by atoms with Crippen LogP contribution in [0, 0.1) is 0 Å². The first-order valence-corrected chi connectivity index (χ1v) is 9.37. The fourth-order valence-corrected chi connectivity index (χ4v) is 4.26. The number of rotatable bonds is 4. The summed E-state index contributed by atoms with van der Waals surface area (Å²) in [6, 6.07) is 8.84. The van der Waals surface area contributed by atoms with Crippen LogP contribution in [0.5, 0.6) is 0 Å². The van der Waals surface area contributed by atoms with E-state index in [-0.39, 0.29) is 24.2 Å². The van der Waals surface area contributed by atoms with E-state index in [0.29, 0.717) is 6.54 Å². The van der Waals surface area contributed by atoms with Crippen LogP contribution in [0.4, 0.5) is 4.79 Å². The number of nitrogens with zero attached hydrogens (tertiary/aromatic N) is 1. The van der Waals surface area contributed by atoms with Crippen molar-refractivity contribution in [3.05, 3.63) is 35.4 Å². The highest BCUT2D eigenvalue weighted by Crippen LogP contribution is 2.35. The van der Waals surface area contributed by atoms with Gasteiger partial charge < -0.3 is 15.3 Å². The Morgan fingerprint density at radius 3 is 2.68 bits per heavy atom. The second kappa shape index (κ2) is 6.92. The van der Waals surface area contributed by atoms with E-state index in [1.807, 2.05) is 11.0 Å². The molecule has 2 aliphatic heterocycles. The molecule has 2 bridgehead atoms. The van der Waals surface area contributed by atoms with Crippen molar-refractivity contribution in [3.8, 4) is 0 Å². The molecule has 2 saturated heterocycles. The number of hydrogen-bond acceptors (Lipinski definition) is 3. The van der Waals surface area contributed by atoms with Gasteiger partial charge in [-0.3, -0.25) is 0 Å². The highest BCUT2D eigenvalue weighted by Gasteiger charge is 2.42. The Bertz CT molecular complexity index is 523. The van der Waals surface area contributed by atoms with E-state index in [1.54, 1.807) is 11.8 Å². The van der Waals surface area contributed by atoms with Crippen LogP contribution in [0.25, 0.3) is 0 Å². The van der Waals surface area contributed by atoms with Gasteiger partial charge in [0.25, 0.3) is 0 Å². The Kier molecular flexibility index (Phi) is 4.93. The van der Waals surface area contributed by atoms with E-state index in [0.717, 1.165) is 37.0 Å². The van der Waals surface area contributed by atoms with Crippen LogP contribution in [0.15, 0.2) is 24.3 Å². The van der Waals surface area contributed by atoms with Crippen molar-refractivity contribution in [3.63, 3.8) is 0 Å². The van der Waals surface area contributed by atoms with Gasteiger partial charge in [0.15, 0.2) is 0 Å². The summed E-state index contributed by atoms with van der Waals surface area (Å²) in [5.74, 6) is 0.996. The molecule has 2 aliphatic rings. The first-order valence-electron chi connectivity index (χ1n) is 7.98. The number of benzene rings is 1. The minimum absolute atomic E-state index is 0.0228. The molecule has 3 rings (SSSR count). The summed E-state index contributed by atoms with van der Waals surface area (Å²) < 4.78 is 0. The molecule has 0 unspecified atom stereocenters. The zero-order valence-electron chi connectivity index (χ0n) is 13.0. The number of thioether (sulfide) groups is 1. The second-order valence-corrected chi connectivity index (χ2v) is 7.20. The lowest BCUT2D eigenvalue weighted by molar-refractivity contribution is 0.0541. The van der Waals surface area contributed by atoms with Crippen LogP contribution in [-0.2, 0) is 12.3 Å². The molecule has 0 saturated carbocycles. The Balaban J connectivity index is 1.58. The van der Waals surface area contributed by atoms with Crippen molar-refractivity contribution in [2.75, 3.05) is 6.26 Å². The van der Waals surface area contributed by atoms with Crippen LogP contribution in [0.1, 0.15) is 36.8 Å². The lowest BCUT2D eigenvalue weighted by Gasteiger charge is -2.37. The van der Waals surface area contributed by atoms with Gasteiger partial charge in [-0.25, -0.2) is 4.79 Å². The number of carbonyl (C=O) groups is 1. The number of urea groups is 1. The Hall–Kier alpha value is -1.20. The lowest BCUT2D eigenvalue weighted by atomic mass is 10.0. The van der Waals surface area contributed by atoms with E-state index < -0.39 is 0 Å². The molecule has 1 aromatic carbocycles. The van der Waals surface area contributed by atoms with Crippen molar-refractivity contribution >= 4 is 17.8 Å². The topological polar surface area (TPSA) is 52.6 Å². The van der Waals surface area contributed by atoms with Gasteiger partial charge in [0, 0.05) is 24.4 Å². The third kappa shape index (κ3) is 3.41. The average molecular weight is 320 g/mol. The molecule has 2 N–H and O–H groups in total. The number of hydrogen-bond donors (Lipinski definition) is 2. The molecule has 2 fully saturated rings. The van der Waals surface area contributed by atoms with E-state index in [9.17, 15) is 9.90 Å². The molecular formula is C17H24N2O2S. The molecule has 2 amide bonds. The van der Waals surface area contributed by atoms with E-state index in [2.05, 4.69) is 29.8 Å². The Labute approximate surface area is 136 Å². The zero-order chi connectivity index (χ0) is 15.5. The molecule has 0 spiro atoms. The summed E-state index contributed by atoms with van der Waals surface area (Å²) in [6.07, 6.45) is 5.37. The van der Waals surface area contributed by atoms with E-state index in [1.165, 1.54) is 5.56 Å². The molecule has 4 nitrogen and oxygen atoms in total. The van der Waals surface area contributed by atoms with Crippen molar-refractivity contribution in [1.82, 2.24) is 10.2 Å². The van der Waals surface area contributed by atoms with Crippen molar-refractivity contribution in [1.29, 1.82) is 0 Å². The fraction of sp³-hybridized carbons (Fsp3) is 0.588. The summed E-state index contributed by atoms with van der Waals surface area (Å²) >= 11 is 1.80. The van der Waals surface area contributed by atoms with E-state index in [4.69, 9.17) is 0 Å². The van der Waals surface area contributed by atoms with Gasteiger partial charge in [-0.2, -0.15) is 11.8 Å². The van der Waals surface area contributed by atoms with Gasteiger partial charge in [0.05, 0.1) is 6.10 Å².